The van der Waals surface area contributed by atoms with Crippen molar-refractivity contribution in [3.8, 4) is 17.0 Å². The summed E-state index contributed by atoms with van der Waals surface area (Å²) in [6, 6.07) is 10.2. The van der Waals surface area contributed by atoms with Crippen LogP contribution in [-0.4, -0.2) is 71.0 Å². The second kappa shape index (κ2) is 11.9. The highest BCUT2D eigenvalue weighted by Crippen LogP contribution is 2.27. The molecule has 2 aromatic carbocycles. The van der Waals surface area contributed by atoms with Crippen molar-refractivity contribution >= 4 is 23.0 Å². The molecule has 226 valence electrons. The Labute approximate surface area is 248 Å². The van der Waals surface area contributed by atoms with Crippen molar-refractivity contribution in [2.75, 3.05) is 13.7 Å². The summed E-state index contributed by atoms with van der Waals surface area (Å²) in [4.78, 5) is 61.6. The van der Waals surface area contributed by atoms with Crippen LogP contribution in [0.25, 0.3) is 22.3 Å². The molecule has 44 heavy (non-hydrogen) atoms. The zero-order chi connectivity index (χ0) is 30.8. The van der Waals surface area contributed by atoms with E-state index in [9.17, 15) is 23.6 Å². The second-order valence-electron chi connectivity index (χ2n) is 10.4. The highest BCUT2D eigenvalue weighted by atomic mass is 19.1. The lowest BCUT2D eigenvalue weighted by atomic mass is 10.0. The molecule has 0 aliphatic carbocycles. The van der Waals surface area contributed by atoms with Crippen LogP contribution in [0, 0.1) is 5.82 Å². The summed E-state index contributed by atoms with van der Waals surface area (Å²) < 4.78 is 21.6. The van der Waals surface area contributed by atoms with Crippen molar-refractivity contribution in [3.63, 3.8) is 0 Å². The summed E-state index contributed by atoms with van der Waals surface area (Å²) in [5, 5.41) is 11.6. The lowest BCUT2D eigenvalue weighted by Crippen LogP contribution is -2.47. The molecule has 6 rings (SSSR count). The van der Waals surface area contributed by atoms with Crippen LogP contribution in [0.15, 0.2) is 64.7 Å². The number of rotatable bonds is 7. The number of benzene rings is 2. The number of nitrogens with one attached hydrogen (secondary N) is 3. The molecule has 0 bridgehead atoms. The van der Waals surface area contributed by atoms with Crippen LogP contribution in [0.2, 0.25) is 0 Å². The SMILES string of the molecule is COc1ccc(F)cc1C(=O)NCc1ccc(-c2nn(C[C@H]3CCCCN3C(=O)n3cncn3)c3[nH]c(=O)[nH]c(=O)c23)cc1. The summed E-state index contributed by atoms with van der Waals surface area (Å²) in [5.41, 5.74) is 0.754. The van der Waals surface area contributed by atoms with Gasteiger partial charge in [-0.15, -0.1) is 0 Å². The first kappa shape index (κ1) is 28.5. The van der Waals surface area contributed by atoms with Crippen molar-refractivity contribution in [2.45, 2.75) is 38.4 Å². The number of halogens is 1. The molecule has 1 fully saturated rings. The van der Waals surface area contributed by atoms with Crippen molar-refractivity contribution in [1.82, 2.24) is 44.7 Å². The molecule has 1 aliphatic heterocycles. The minimum atomic E-state index is -0.671. The van der Waals surface area contributed by atoms with Gasteiger partial charge in [0.1, 0.15) is 40.9 Å². The van der Waals surface area contributed by atoms with Gasteiger partial charge in [0.2, 0.25) is 0 Å². The normalized spacial score (nSPS) is 15.0. The number of aromatic amines is 2. The Balaban J connectivity index is 1.26. The third-order valence-electron chi connectivity index (χ3n) is 7.60. The van der Waals surface area contributed by atoms with Crippen LogP contribution in [0.3, 0.4) is 0 Å². The quantitative estimate of drug-likeness (QED) is 0.255. The molecule has 5 aromatic rings. The van der Waals surface area contributed by atoms with Crippen molar-refractivity contribution in [3.05, 3.63) is 92.9 Å². The van der Waals surface area contributed by atoms with E-state index in [0.29, 0.717) is 24.2 Å². The summed E-state index contributed by atoms with van der Waals surface area (Å²) in [6.45, 7) is 0.916. The Morgan fingerprint density at radius 3 is 2.68 bits per heavy atom. The van der Waals surface area contributed by atoms with Gasteiger partial charge in [-0.25, -0.2) is 23.6 Å². The fourth-order valence-electron chi connectivity index (χ4n) is 5.44. The maximum Gasteiger partial charge on any atom is 0.346 e. The van der Waals surface area contributed by atoms with Crippen LogP contribution >= 0.6 is 0 Å². The number of likely N-dealkylation sites (tertiary alicyclic amines) is 1. The molecule has 3 aromatic heterocycles. The van der Waals surface area contributed by atoms with Crippen molar-refractivity contribution in [2.24, 2.45) is 0 Å². The number of H-pyrrole nitrogens is 2. The third-order valence-corrected chi connectivity index (χ3v) is 7.60. The fourth-order valence-corrected chi connectivity index (χ4v) is 5.44. The standard InChI is InChI=1S/C29H28FN9O5/c1-44-22-10-9-19(30)12-21(22)26(40)32-13-17-5-7-18(8-6-17)24-23-25(34-28(42)35-27(23)41)38(36-24)14-20-4-2-3-11-37(20)29(43)39-16-31-15-33-39/h5-10,12,15-16,20H,2-4,11,13-14H2,1H3,(H,32,40)(H2,34,35,41,42)/t20-/m1/s1. The zero-order valence-electron chi connectivity index (χ0n) is 23.6. The summed E-state index contributed by atoms with van der Waals surface area (Å²) >= 11 is 0. The minimum Gasteiger partial charge on any atom is -0.496 e. The number of piperidine rings is 1. The Hall–Kier alpha value is -5.60. The number of ether oxygens (including phenoxy) is 1. The van der Waals surface area contributed by atoms with Gasteiger partial charge in [-0.05, 0) is 43.0 Å². The molecular formula is C29H28FN9O5. The van der Waals surface area contributed by atoms with E-state index in [2.05, 4.69) is 25.4 Å². The van der Waals surface area contributed by atoms with E-state index in [4.69, 9.17) is 9.84 Å². The van der Waals surface area contributed by atoms with E-state index in [1.54, 1.807) is 33.8 Å². The summed E-state index contributed by atoms with van der Waals surface area (Å²) in [5.74, 6) is -0.796. The zero-order valence-corrected chi connectivity index (χ0v) is 23.6. The maximum atomic E-state index is 13.7. The molecule has 0 unspecified atom stereocenters. The van der Waals surface area contributed by atoms with Gasteiger partial charge in [0, 0.05) is 18.7 Å². The van der Waals surface area contributed by atoms with Gasteiger partial charge in [-0.1, -0.05) is 24.3 Å². The molecular weight excluding hydrogens is 573 g/mol. The summed E-state index contributed by atoms with van der Waals surface area (Å²) in [7, 11) is 1.40. The number of carbonyl (C=O) groups excluding carboxylic acids is 2. The van der Waals surface area contributed by atoms with E-state index in [-0.39, 0.29) is 47.5 Å². The number of carbonyl (C=O) groups is 2. The average Bonchev–Trinajstić information content (AvgIpc) is 3.69. The van der Waals surface area contributed by atoms with Gasteiger partial charge in [-0.3, -0.25) is 19.6 Å². The number of nitrogens with zero attached hydrogens (tertiary/aromatic N) is 6. The van der Waals surface area contributed by atoms with Gasteiger partial charge >= 0.3 is 11.7 Å². The number of fused-ring (bicyclic) bond motifs is 1. The Kier molecular flexibility index (Phi) is 7.74. The highest BCUT2D eigenvalue weighted by molar-refractivity contribution is 5.97. The molecule has 0 saturated carbocycles. The van der Waals surface area contributed by atoms with E-state index >= 15 is 0 Å². The lowest BCUT2D eigenvalue weighted by molar-refractivity contribution is 0.0947. The molecule has 1 atom stereocenters. The van der Waals surface area contributed by atoms with Crippen LogP contribution in [0.4, 0.5) is 9.18 Å². The lowest BCUT2D eigenvalue weighted by Gasteiger charge is -2.35. The molecule has 1 aliphatic rings. The molecule has 3 N–H and O–H groups in total. The van der Waals surface area contributed by atoms with Crippen LogP contribution in [0.5, 0.6) is 5.75 Å². The Bertz CT molecular complexity index is 1950. The van der Waals surface area contributed by atoms with E-state index in [1.807, 2.05) is 0 Å². The van der Waals surface area contributed by atoms with Gasteiger partial charge in [-0.2, -0.15) is 14.9 Å². The topological polar surface area (TPSA) is 173 Å². The maximum absolute atomic E-state index is 13.7. The predicted octanol–water partition coefficient (Wildman–Crippen LogP) is 2.27. The van der Waals surface area contributed by atoms with Gasteiger partial charge in [0.25, 0.3) is 11.5 Å². The fraction of sp³-hybridized carbons (Fsp3) is 0.276. The third kappa shape index (κ3) is 5.58. The van der Waals surface area contributed by atoms with Crippen molar-refractivity contribution in [1.29, 1.82) is 0 Å². The molecule has 4 heterocycles. The molecule has 1 saturated heterocycles. The monoisotopic (exact) mass is 601 g/mol. The first-order valence-corrected chi connectivity index (χ1v) is 13.9. The number of methoxy groups -OCH3 is 1. The second-order valence-corrected chi connectivity index (χ2v) is 10.4. The highest BCUT2D eigenvalue weighted by Gasteiger charge is 2.30. The predicted molar refractivity (Wildman–Crippen MR) is 156 cm³/mol. The van der Waals surface area contributed by atoms with Crippen molar-refractivity contribution < 1.29 is 18.7 Å². The van der Waals surface area contributed by atoms with Gasteiger partial charge in [0.15, 0.2) is 0 Å². The first-order valence-electron chi connectivity index (χ1n) is 13.9. The smallest absolute Gasteiger partial charge is 0.346 e. The molecule has 2 amide bonds. The van der Waals surface area contributed by atoms with E-state index in [1.165, 1.54) is 36.6 Å². The molecule has 15 heteroatoms. The van der Waals surface area contributed by atoms with Gasteiger partial charge < -0.3 is 15.0 Å². The average molecular weight is 602 g/mol. The number of aromatic nitrogens is 7. The molecule has 0 spiro atoms. The van der Waals surface area contributed by atoms with Gasteiger partial charge in [0.05, 0.1) is 25.3 Å². The van der Waals surface area contributed by atoms with Crippen LogP contribution in [0.1, 0.15) is 35.2 Å². The first-order chi connectivity index (χ1) is 21.3. The molecule has 0 radical (unpaired) electrons. The number of hydrogen-bond donors (Lipinski definition) is 3. The number of hydrogen-bond acceptors (Lipinski definition) is 8. The number of amides is 2. The molecule has 14 nitrogen and oxygen atoms in total. The van der Waals surface area contributed by atoms with Crippen LogP contribution < -0.4 is 21.3 Å². The van der Waals surface area contributed by atoms with E-state index < -0.39 is 23.0 Å². The minimum absolute atomic E-state index is 0.0777. The Morgan fingerprint density at radius 2 is 1.93 bits per heavy atom. The van der Waals surface area contributed by atoms with E-state index in [0.717, 1.165) is 24.5 Å². The largest absolute Gasteiger partial charge is 0.496 e. The van der Waals surface area contributed by atoms with Crippen LogP contribution in [-0.2, 0) is 13.1 Å². The summed E-state index contributed by atoms with van der Waals surface area (Å²) in [6.07, 6.45) is 5.08. The Morgan fingerprint density at radius 1 is 1.11 bits per heavy atom.